The first kappa shape index (κ1) is 21.6. The monoisotopic (exact) mass is 391 g/mol. The number of carbonyl (C=O) groups is 1. The molecule has 0 saturated carbocycles. The number of nitrogens with zero attached hydrogens (tertiary/aromatic N) is 1. The van der Waals surface area contributed by atoms with Crippen LogP contribution in [0.3, 0.4) is 0 Å². The molecule has 0 radical (unpaired) electrons. The Bertz CT molecular complexity index is 489. The molecule has 0 aromatic heterocycles. The number of amides is 1. The third-order valence-electron chi connectivity index (χ3n) is 4.36. The van der Waals surface area contributed by atoms with Gasteiger partial charge in [-0.05, 0) is 37.1 Å². The van der Waals surface area contributed by atoms with Crippen molar-refractivity contribution in [2.75, 3.05) is 37.7 Å². The molecule has 1 aromatic carbocycles. The summed E-state index contributed by atoms with van der Waals surface area (Å²) in [7, 11) is 0. The molecular weight excluding hydrogens is 365 g/mol. The van der Waals surface area contributed by atoms with E-state index in [9.17, 15) is 4.79 Å². The molecule has 1 amide bonds. The minimum Gasteiger partial charge on any atom is -0.348 e. The summed E-state index contributed by atoms with van der Waals surface area (Å²) in [5.41, 5.74) is 2.06. The van der Waals surface area contributed by atoms with Crippen LogP contribution in [0.2, 0.25) is 0 Å². The average Bonchev–Trinajstić information content (AvgIpc) is 2.57. The van der Waals surface area contributed by atoms with Crippen LogP contribution in [0.5, 0.6) is 0 Å². The molecule has 3 rings (SSSR count). The number of halogens is 2. The molecule has 2 heterocycles. The van der Waals surface area contributed by atoms with Crippen LogP contribution in [0.25, 0.3) is 0 Å². The highest BCUT2D eigenvalue weighted by Gasteiger charge is 2.16. The minimum atomic E-state index is 0. The van der Waals surface area contributed by atoms with Gasteiger partial charge in [-0.25, -0.2) is 0 Å². The largest absolute Gasteiger partial charge is 0.348 e. The average molecular weight is 392 g/mol. The predicted molar refractivity (Wildman–Crippen MR) is 107 cm³/mol. The molecule has 2 N–H and O–H groups in total. The second kappa shape index (κ2) is 11.2. The van der Waals surface area contributed by atoms with E-state index >= 15 is 0 Å². The summed E-state index contributed by atoms with van der Waals surface area (Å²) in [6.07, 6.45) is 2.21. The lowest BCUT2D eigenvalue weighted by atomic mass is 10.1. The van der Waals surface area contributed by atoms with Gasteiger partial charge < -0.3 is 10.6 Å². The Hall–Kier alpha value is -0.460. The third-order valence-corrected chi connectivity index (χ3v) is 5.30. The van der Waals surface area contributed by atoms with Crippen LogP contribution in [0.4, 0.5) is 0 Å². The Balaban J connectivity index is 0.00000144. The molecule has 1 aromatic rings. The van der Waals surface area contributed by atoms with Crippen LogP contribution in [0.15, 0.2) is 24.3 Å². The number of thioether (sulfide) groups is 1. The Labute approximate surface area is 161 Å². The van der Waals surface area contributed by atoms with Crippen LogP contribution in [-0.4, -0.2) is 54.5 Å². The maximum absolute atomic E-state index is 12.3. The molecule has 7 heteroatoms. The van der Waals surface area contributed by atoms with E-state index in [1.54, 1.807) is 0 Å². The Morgan fingerprint density at radius 1 is 1.21 bits per heavy atom. The Morgan fingerprint density at radius 2 is 1.92 bits per heavy atom. The molecule has 0 spiro atoms. The summed E-state index contributed by atoms with van der Waals surface area (Å²) in [6.45, 7) is 5.28. The summed E-state index contributed by atoms with van der Waals surface area (Å²) in [5.74, 6) is 2.51. The smallest absolute Gasteiger partial charge is 0.251 e. The predicted octanol–water partition coefficient (Wildman–Crippen LogP) is 2.56. The fourth-order valence-electron chi connectivity index (χ4n) is 3.02. The highest BCUT2D eigenvalue weighted by molar-refractivity contribution is 7.99. The van der Waals surface area contributed by atoms with Crippen LogP contribution in [-0.2, 0) is 6.54 Å². The highest BCUT2D eigenvalue weighted by Crippen LogP contribution is 2.14. The van der Waals surface area contributed by atoms with Crippen LogP contribution in [0, 0.1) is 0 Å². The highest BCUT2D eigenvalue weighted by atomic mass is 35.5. The maximum Gasteiger partial charge on any atom is 0.251 e. The molecule has 1 atom stereocenters. The van der Waals surface area contributed by atoms with Crippen molar-refractivity contribution in [1.82, 2.24) is 15.5 Å². The van der Waals surface area contributed by atoms with Gasteiger partial charge in [-0.3, -0.25) is 9.69 Å². The second-order valence-corrected chi connectivity index (χ2v) is 7.33. The summed E-state index contributed by atoms with van der Waals surface area (Å²) in [6, 6.07) is 8.37. The molecule has 2 fully saturated rings. The molecule has 2 saturated heterocycles. The van der Waals surface area contributed by atoms with E-state index in [0.717, 1.165) is 38.0 Å². The van der Waals surface area contributed by atoms with Gasteiger partial charge in [0, 0.05) is 49.3 Å². The lowest BCUT2D eigenvalue weighted by molar-refractivity contribution is 0.0930. The topological polar surface area (TPSA) is 44.4 Å². The van der Waals surface area contributed by atoms with Gasteiger partial charge in [-0.15, -0.1) is 24.8 Å². The molecule has 2 aliphatic rings. The van der Waals surface area contributed by atoms with E-state index in [1.165, 1.54) is 30.2 Å². The van der Waals surface area contributed by atoms with Crippen LogP contribution in [0.1, 0.15) is 28.8 Å². The van der Waals surface area contributed by atoms with Gasteiger partial charge in [0.15, 0.2) is 0 Å². The molecule has 2 aliphatic heterocycles. The summed E-state index contributed by atoms with van der Waals surface area (Å²) in [5, 5.41) is 6.45. The molecule has 136 valence electrons. The standard InChI is InChI=1S/C17H25N3OS.2ClH/c21-17(19-16-2-1-7-18-12-16)15-5-3-14(4-6-15)13-20-8-10-22-11-9-20;;/h3-6,16,18H,1-2,7-13H2,(H,19,21);2*1H/t16-;;/m0../s1. The lowest BCUT2D eigenvalue weighted by Crippen LogP contribution is -2.45. The fraction of sp³-hybridized carbons (Fsp3) is 0.588. The number of rotatable bonds is 4. The fourth-order valence-corrected chi connectivity index (χ4v) is 4.00. The molecule has 0 aliphatic carbocycles. The first-order chi connectivity index (χ1) is 10.8. The van der Waals surface area contributed by atoms with E-state index < -0.39 is 0 Å². The zero-order chi connectivity index (χ0) is 15.2. The van der Waals surface area contributed by atoms with E-state index in [2.05, 4.69) is 27.7 Å². The summed E-state index contributed by atoms with van der Waals surface area (Å²) < 4.78 is 0. The zero-order valence-corrected chi connectivity index (χ0v) is 16.3. The number of benzene rings is 1. The van der Waals surface area contributed by atoms with Crippen molar-refractivity contribution in [2.24, 2.45) is 0 Å². The van der Waals surface area contributed by atoms with Crippen LogP contribution < -0.4 is 10.6 Å². The first-order valence-corrected chi connectivity index (χ1v) is 9.37. The van der Waals surface area contributed by atoms with Crippen molar-refractivity contribution in [1.29, 1.82) is 0 Å². The second-order valence-electron chi connectivity index (χ2n) is 6.10. The molecule has 4 nitrogen and oxygen atoms in total. The van der Waals surface area contributed by atoms with Crippen LogP contribution >= 0.6 is 36.6 Å². The van der Waals surface area contributed by atoms with Crippen molar-refractivity contribution >= 4 is 42.5 Å². The molecule has 0 bridgehead atoms. The summed E-state index contributed by atoms with van der Waals surface area (Å²) in [4.78, 5) is 14.7. The third kappa shape index (κ3) is 6.45. The van der Waals surface area contributed by atoms with E-state index in [0.29, 0.717) is 0 Å². The van der Waals surface area contributed by atoms with Crippen molar-refractivity contribution < 1.29 is 4.79 Å². The van der Waals surface area contributed by atoms with Gasteiger partial charge in [0.1, 0.15) is 0 Å². The van der Waals surface area contributed by atoms with Crippen molar-refractivity contribution in [3.8, 4) is 0 Å². The molecule has 24 heavy (non-hydrogen) atoms. The maximum atomic E-state index is 12.3. The molecule has 0 unspecified atom stereocenters. The molecular formula is C17H27Cl2N3OS. The number of hydrogen-bond donors (Lipinski definition) is 2. The summed E-state index contributed by atoms with van der Waals surface area (Å²) >= 11 is 2.03. The number of carbonyl (C=O) groups excluding carboxylic acids is 1. The van der Waals surface area contributed by atoms with Crippen molar-refractivity contribution in [2.45, 2.75) is 25.4 Å². The lowest BCUT2D eigenvalue weighted by Gasteiger charge is -2.26. The van der Waals surface area contributed by atoms with Gasteiger partial charge in [-0.1, -0.05) is 12.1 Å². The van der Waals surface area contributed by atoms with Gasteiger partial charge in [-0.2, -0.15) is 11.8 Å². The van der Waals surface area contributed by atoms with E-state index in [-0.39, 0.29) is 36.8 Å². The Kier molecular flexibility index (Phi) is 10.1. The van der Waals surface area contributed by atoms with E-state index in [1.807, 2.05) is 23.9 Å². The van der Waals surface area contributed by atoms with Gasteiger partial charge >= 0.3 is 0 Å². The van der Waals surface area contributed by atoms with Crippen molar-refractivity contribution in [3.63, 3.8) is 0 Å². The van der Waals surface area contributed by atoms with Gasteiger partial charge in [0.2, 0.25) is 0 Å². The van der Waals surface area contributed by atoms with Gasteiger partial charge in [0.05, 0.1) is 0 Å². The van der Waals surface area contributed by atoms with Gasteiger partial charge in [0.25, 0.3) is 5.91 Å². The normalized spacial score (nSPS) is 21.2. The van der Waals surface area contributed by atoms with E-state index in [4.69, 9.17) is 0 Å². The Morgan fingerprint density at radius 3 is 2.54 bits per heavy atom. The minimum absolute atomic E-state index is 0. The number of nitrogens with one attached hydrogen (secondary N) is 2. The van der Waals surface area contributed by atoms with Crippen molar-refractivity contribution in [3.05, 3.63) is 35.4 Å². The number of hydrogen-bond acceptors (Lipinski definition) is 4. The SMILES string of the molecule is Cl.Cl.O=C(N[C@H]1CCCNC1)c1ccc(CN2CCSCC2)cc1. The first-order valence-electron chi connectivity index (χ1n) is 8.22. The number of piperidine rings is 1. The quantitative estimate of drug-likeness (QED) is 0.827. The zero-order valence-electron chi connectivity index (χ0n) is 13.8.